The highest BCUT2D eigenvalue weighted by Gasteiger charge is 2.26. The Morgan fingerprint density at radius 1 is 1.33 bits per heavy atom. The SMILES string of the molecule is C=C(C)NC1CCCC(C)C1C. The van der Waals surface area contributed by atoms with Crippen LogP contribution in [0, 0.1) is 11.8 Å². The standard InChI is InChI=1S/C11H21N/c1-8(2)12-11-7-5-6-9(3)10(11)4/h9-12H,1,5-7H2,2-4H3. The van der Waals surface area contributed by atoms with Crippen LogP contribution in [0.3, 0.4) is 0 Å². The third kappa shape index (κ3) is 2.26. The monoisotopic (exact) mass is 167 g/mol. The maximum absolute atomic E-state index is 3.90. The lowest BCUT2D eigenvalue weighted by atomic mass is 9.78. The summed E-state index contributed by atoms with van der Waals surface area (Å²) in [6.45, 7) is 10.7. The number of rotatable bonds is 2. The Hall–Kier alpha value is -0.460. The van der Waals surface area contributed by atoms with E-state index in [2.05, 4.69) is 25.7 Å². The third-order valence-corrected chi connectivity index (χ3v) is 3.14. The summed E-state index contributed by atoms with van der Waals surface area (Å²) in [5, 5.41) is 3.47. The summed E-state index contributed by atoms with van der Waals surface area (Å²) in [5.41, 5.74) is 1.11. The molecule has 3 atom stereocenters. The molecule has 0 saturated heterocycles. The number of hydrogen-bond acceptors (Lipinski definition) is 1. The second-order valence-corrected chi connectivity index (χ2v) is 4.30. The van der Waals surface area contributed by atoms with Gasteiger partial charge < -0.3 is 5.32 Å². The largest absolute Gasteiger partial charge is 0.386 e. The van der Waals surface area contributed by atoms with E-state index in [0.717, 1.165) is 17.5 Å². The van der Waals surface area contributed by atoms with Crippen molar-refractivity contribution in [2.45, 2.75) is 46.1 Å². The molecule has 0 amide bonds. The first-order valence-corrected chi connectivity index (χ1v) is 5.03. The van der Waals surface area contributed by atoms with E-state index in [1.54, 1.807) is 0 Å². The van der Waals surface area contributed by atoms with Gasteiger partial charge in [0.15, 0.2) is 0 Å². The van der Waals surface area contributed by atoms with Gasteiger partial charge in [0.25, 0.3) is 0 Å². The Morgan fingerprint density at radius 2 is 2.00 bits per heavy atom. The molecule has 1 nitrogen and oxygen atoms in total. The molecule has 0 aromatic rings. The fourth-order valence-electron chi connectivity index (χ4n) is 2.10. The zero-order valence-electron chi connectivity index (χ0n) is 8.56. The van der Waals surface area contributed by atoms with Gasteiger partial charge in [-0.05, 0) is 25.2 Å². The molecular formula is C11H21N. The molecule has 1 aliphatic rings. The Kier molecular flexibility index (Phi) is 3.19. The normalized spacial score (nSPS) is 36.1. The lowest BCUT2D eigenvalue weighted by Crippen LogP contribution is -2.39. The van der Waals surface area contributed by atoms with Crippen LogP contribution in [0.2, 0.25) is 0 Å². The molecule has 0 spiro atoms. The van der Waals surface area contributed by atoms with E-state index in [-0.39, 0.29) is 0 Å². The van der Waals surface area contributed by atoms with E-state index in [4.69, 9.17) is 0 Å². The minimum atomic E-state index is 0.672. The molecule has 1 N–H and O–H groups in total. The van der Waals surface area contributed by atoms with Crippen LogP contribution in [-0.2, 0) is 0 Å². The lowest BCUT2D eigenvalue weighted by Gasteiger charge is -2.35. The maximum Gasteiger partial charge on any atom is 0.0286 e. The van der Waals surface area contributed by atoms with Gasteiger partial charge in [0.05, 0.1) is 0 Å². The first-order chi connectivity index (χ1) is 5.61. The quantitative estimate of drug-likeness (QED) is 0.666. The molecular weight excluding hydrogens is 146 g/mol. The van der Waals surface area contributed by atoms with Crippen molar-refractivity contribution in [3.63, 3.8) is 0 Å². The van der Waals surface area contributed by atoms with Gasteiger partial charge in [0.2, 0.25) is 0 Å². The molecule has 0 bridgehead atoms. The maximum atomic E-state index is 3.90. The summed E-state index contributed by atoms with van der Waals surface area (Å²) in [5.74, 6) is 1.67. The second-order valence-electron chi connectivity index (χ2n) is 4.30. The Bertz CT molecular complexity index is 162. The number of nitrogens with one attached hydrogen (secondary N) is 1. The van der Waals surface area contributed by atoms with Crippen molar-refractivity contribution in [3.05, 3.63) is 12.3 Å². The van der Waals surface area contributed by atoms with Gasteiger partial charge in [0, 0.05) is 11.7 Å². The summed E-state index contributed by atoms with van der Waals surface area (Å²) in [6, 6.07) is 0.672. The molecule has 0 aromatic heterocycles. The highest BCUT2D eigenvalue weighted by atomic mass is 14.9. The van der Waals surface area contributed by atoms with Crippen molar-refractivity contribution in [1.29, 1.82) is 0 Å². The summed E-state index contributed by atoms with van der Waals surface area (Å²) in [6.07, 6.45) is 4.09. The Balaban J connectivity index is 2.46. The predicted octanol–water partition coefficient (Wildman–Crippen LogP) is 2.93. The molecule has 12 heavy (non-hydrogen) atoms. The third-order valence-electron chi connectivity index (χ3n) is 3.14. The van der Waals surface area contributed by atoms with Gasteiger partial charge in [-0.1, -0.05) is 33.3 Å². The minimum absolute atomic E-state index is 0.672. The topological polar surface area (TPSA) is 12.0 Å². The van der Waals surface area contributed by atoms with Crippen molar-refractivity contribution < 1.29 is 0 Å². The van der Waals surface area contributed by atoms with E-state index < -0.39 is 0 Å². The number of allylic oxidation sites excluding steroid dienone is 1. The van der Waals surface area contributed by atoms with Gasteiger partial charge in [-0.2, -0.15) is 0 Å². The smallest absolute Gasteiger partial charge is 0.0286 e. The average molecular weight is 167 g/mol. The molecule has 1 aliphatic carbocycles. The van der Waals surface area contributed by atoms with Crippen molar-refractivity contribution in [1.82, 2.24) is 5.32 Å². The van der Waals surface area contributed by atoms with Crippen LogP contribution in [-0.4, -0.2) is 6.04 Å². The van der Waals surface area contributed by atoms with Crippen molar-refractivity contribution in [2.75, 3.05) is 0 Å². The minimum Gasteiger partial charge on any atom is -0.386 e. The van der Waals surface area contributed by atoms with Gasteiger partial charge >= 0.3 is 0 Å². The summed E-state index contributed by atoms with van der Waals surface area (Å²) in [7, 11) is 0. The van der Waals surface area contributed by atoms with Crippen LogP contribution in [0.15, 0.2) is 12.3 Å². The van der Waals surface area contributed by atoms with Crippen LogP contribution in [0.5, 0.6) is 0 Å². The van der Waals surface area contributed by atoms with Crippen molar-refractivity contribution in [2.24, 2.45) is 11.8 Å². The molecule has 1 heteroatoms. The molecule has 0 aromatic carbocycles. The zero-order valence-corrected chi connectivity index (χ0v) is 8.56. The second kappa shape index (κ2) is 3.97. The number of hydrogen-bond donors (Lipinski definition) is 1. The summed E-state index contributed by atoms with van der Waals surface area (Å²) in [4.78, 5) is 0. The fraction of sp³-hybridized carbons (Fsp3) is 0.818. The fourth-order valence-corrected chi connectivity index (χ4v) is 2.10. The van der Waals surface area contributed by atoms with Gasteiger partial charge in [-0.25, -0.2) is 0 Å². The molecule has 0 radical (unpaired) electrons. The molecule has 1 fully saturated rings. The molecule has 1 saturated carbocycles. The summed E-state index contributed by atoms with van der Waals surface area (Å²) < 4.78 is 0. The van der Waals surface area contributed by atoms with Gasteiger partial charge in [-0.3, -0.25) is 0 Å². The highest BCUT2D eigenvalue weighted by Crippen LogP contribution is 2.29. The molecule has 1 rings (SSSR count). The van der Waals surface area contributed by atoms with Gasteiger partial charge in [-0.15, -0.1) is 0 Å². The van der Waals surface area contributed by atoms with E-state index in [1.165, 1.54) is 19.3 Å². The van der Waals surface area contributed by atoms with E-state index >= 15 is 0 Å². The lowest BCUT2D eigenvalue weighted by molar-refractivity contribution is 0.217. The van der Waals surface area contributed by atoms with Gasteiger partial charge in [0.1, 0.15) is 0 Å². The summed E-state index contributed by atoms with van der Waals surface area (Å²) >= 11 is 0. The Morgan fingerprint density at radius 3 is 2.58 bits per heavy atom. The van der Waals surface area contributed by atoms with E-state index in [0.29, 0.717) is 6.04 Å². The predicted molar refractivity (Wildman–Crippen MR) is 53.9 cm³/mol. The van der Waals surface area contributed by atoms with Crippen LogP contribution in [0.1, 0.15) is 40.0 Å². The van der Waals surface area contributed by atoms with Crippen LogP contribution in [0.4, 0.5) is 0 Å². The zero-order chi connectivity index (χ0) is 9.14. The highest BCUT2D eigenvalue weighted by molar-refractivity contribution is 4.92. The van der Waals surface area contributed by atoms with Crippen molar-refractivity contribution in [3.8, 4) is 0 Å². The Labute approximate surface area is 76.2 Å². The first kappa shape index (κ1) is 9.63. The molecule has 70 valence electrons. The molecule has 0 heterocycles. The van der Waals surface area contributed by atoms with Crippen LogP contribution in [0.25, 0.3) is 0 Å². The molecule has 0 aliphatic heterocycles. The van der Waals surface area contributed by atoms with E-state index in [9.17, 15) is 0 Å². The van der Waals surface area contributed by atoms with Crippen molar-refractivity contribution >= 4 is 0 Å². The average Bonchev–Trinajstić information content (AvgIpc) is 1.98. The van der Waals surface area contributed by atoms with Crippen LogP contribution < -0.4 is 5.32 Å². The van der Waals surface area contributed by atoms with Crippen LogP contribution >= 0.6 is 0 Å². The van der Waals surface area contributed by atoms with E-state index in [1.807, 2.05) is 6.92 Å². The first-order valence-electron chi connectivity index (χ1n) is 5.03. The molecule has 3 unspecified atom stereocenters.